The van der Waals surface area contributed by atoms with Crippen molar-refractivity contribution in [3.63, 3.8) is 0 Å². The predicted molar refractivity (Wildman–Crippen MR) is 90.2 cm³/mol. The van der Waals surface area contributed by atoms with E-state index in [9.17, 15) is 8.42 Å². The smallest absolute Gasteiger partial charge is 0.191 e. The van der Waals surface area contributed by atoms with Gasteiger partial charge in [-0.3, -0.25) is 4.99 Å². The quantitative estimate of drug-likeness (QED) is 0.417. The van der Waals surface area contributed by atoms with Crippen molar-refractivity contribution >= 4 is 27.4 Å². The number of sulfone groups is 1. The number of hydrogen-bond donors (Lipinski definition) is 2. The van der Waals surface area contributed by atoms with Crippen LogP contribution in [0.25, 0.3) is 0 Å². The molecule has 1 aromatic carbocycles. The number of benzene rings is 1. The van der Waals surface area contributed by atoms with E-state index in [-0.39, 0.29) is 12.4 Å². The van der Waals surface area contributed by atoms with E-state index >= 15 is 0 Å². The first kappa shape index (κ1) is 18.7. The highest BCUT2D eigenvalue weighted by Gasteiger charge is 2.02. The second kappa shape index (κ2) is 9.66. The Hall–Kier alpha value is -1.31. The number of guanidine groups is 1. The Morgan fingerprint density at radius 1 is 1.23 bits per heavy atom. The summed E-state index contributed by atoms with van der Waals surface area (Å²) in [5, 5.41) is 6.96. The lowest BCUT2D eigenvalue weighted by Crippen LogP contribution is -2.38. The molecule has 2 N–H and O–H groups in total. The molecule has 0 heterocycles. The van der Waals surface area contributed by atoms with E-state index in [4.69, 9.17) is 16.3 Å². The third kappa shape index (κ3) is 8.86. The van der Waals surface area contributed by atoms with Crippen LogP contribution in [0.15, 0.2) is 29.3 Å². The van der Waals surface area contributed by atoms with Crippen molar-refractivity contribution in [3.05, 3.63) is 34.9 Å². The molecule has 1 rings (SSSR count). The third-order valence-electron chi connectivity index (χ3n) is 2.73. The molecule has 0 saturated carbocycles. The number of hydrogen-bond acceptors (Lipinski definition) is 4. The highest BCUT2D eigenvalue weighted by atomic mass is 35.5. The molecule has 8 heteroatoms. The lowest BCUT2D eigenvalue weighted by molar-refractivity contribution is 0.154. The molecule has 0 aliphatic heterocycles. The zero-order valence-electron chi connectivity index (χ0n) is 12.8. The van der Waals surface area contributed by atoms with Gasteiger partial charge in [0.15, 0.2) is 5.96 Å². The predicted octanol–water partition coefficient (Wildman–Crippen LogP) is 1.07. The van der Waals surface area contributed by atoms with Crippen molar-refractivity contribution < 1.29 is 13.2 Å². The Labute approximate surface area is 136 Å². The summed E-state index contributed by atoms with van der Waals surface area (Å²) >= 11 is 5.83. The number of halogens is 1. The zero-order chi connectivity index (χ0) is 16.4. The van der Waals surface area contributed by atoms with Gasteiger partial charge < -0.3 is 15.4 Å². The normalized spacial score (nSPS) is 12.2. The summed E-state index contributed by atoms with van der Waals surface area (Å²) < 4.78 is 27.1. The molecule has 0 radical (unpaired) electrons. The van der Waals surface area contributed by atoms with Crippen molar-refractivity contribution in [2.24, 2.45) is 4.99 Å². The SMILES string of the molecule is CN=C(NCCOCCS(C)(=O)=O)NCc1ccc(Cl)cc1. The van der Waals surface area contributed by atoms with Gasteiger partial charge in [0.05, 0.1) is 19.0 Å². The number of nitrogens with zero attached hydrogens (tertiary/aromatic N) is 1. The Morgan fingerprint density at radius 3 is 2.50 bits per heavy atom. The third-order valence-corrected chi connectivity index (χ3v) is 3.89. The fourth-order valence-corrected chi connectivity index (χ4v) is 2.11. The van der Waals surface area contributed by atoms with Crippen molar-refractivity contribution in [1.29, 1.82) is 0 Å². The average Bonchev–Trinajstić information content (AvgIpc) is 2.46. The monoisotopic (exact) mass is 347 g/mol. The molecule has 0 fully saturated rings. The van der Waals surface area contributed by atoms with Crippen molar-refractivity contribution in [3.8, 4) is 0 Å². The first-order valence-electron chi connectivity index (χ1n) is 6.85. The molecule has 0 amide bonds. The summed E-state index contributed by atoms with van der Waals surface area (Å²) in [5.41, 5.74) is 1.09. The van der Waals surface area contributed by atoms with Gasteiger partial charge in [0.2, 0.25) is 0 Å². The first-order chi connectivity index (χ1) is 10.4. The second-order valence-corrected chi connectivity index (χ2v) is 7.42. The molecule has 0 spiro atoms. The summed E-state index contributed by atoms with van der Waals surface area (Å²) in [6.07, 6.45) is 1.19. The Bertz CT molecular complexity index is 574. The molecule has 0 atom stereocenters. The summed E-state index contributed by atoms with van der Waals surface area (Å²) in [6, 6.07) is 7.56. The van der Waals surface area contributed by atoms with Gasteiger partial charge in [-0.1, -0.05) is 23.7 Å². The summed E-state index contributed by atoms with van der Waals surface area (Å²) in [6.45, 7) is 1.80. The van der Waals surface area contributed by atoms with E-state index in [1.54, 1.807) is 7.05 Å². The molecule has 0 bridgehead atoms. The lowest BCUT2D eigenvalue weighted by Gasteiger charge is -2.12. The fourth-order valence-electron chi connectivity index (χ4n) is 1.56. The maximum Gasteiger partial charge on any atom is 0.191 e. The molecule has 0 aliphatic rings. The minimum atomic E-state index is -2.97. The van der Waals surface area contributed by atoms with Crippen molar-refractivity contribution in [2.75, 3.05) is 38.8 Å². The van der Waals surface area contributed by atoms with E-state index in [0.717, 1.165) is 5.56 Å². The average molecular weight is 348 g/mol. The molecular weight excluding hydrogens is 326 g/mol. The summed E-state index contributed by atoms with van der Waals surface area (Å²) in [4.78, 5) is 4.09. The maximum atomic E-state index is 10.9. The van der Waals surface area contributed by atoms with Gasteiger partial charge in [-0.15, -0.1) is 0 Å². The minimum Gasteiger partial charge on any atom is -0.379 e. The van der Waals surface area contributed by atoms with Gasteiger partial charge in [0.1, 0.15) is 9.84 Å². The van der Waals surface area contributed by atoms with Crippen LogP contribution in [0.4, 0.5) is 0 Å². The highest BCUT2D eigenvalue weighted by molar-refractivity contribution is 7.90. The van der Waals surface area contributed by atoms with E-state index in [1.165, 1.54) is 6.26 Å². The number of aliphatic imine (C=N–C) groups is 1. The van der Waals surface area contributed by atoms with Crippen LogP contribution >= 0.6 is 11.6 Å². The van der Waals surface area contributed by atoms with Crippen LogP contribution in [-0.2, 0) is 21.1 Å². The van der Waals surface area contributed by atoms with E-state index in [1.807, 2.05) is 24.3 Å². The van der Waals surface area contributed by atoms with Gasteiger partial charge in [0, 0.05) is 31.4 Å². The van der Waals surface area contributed by atoms with Crippen LogP contribution in [0.2, 0.25) is 5.02 Å². The van der Waals surface area contributed by atoms with Gasteiger partial charge >= 0.3 is 0 Å². The lowest BCUT2D eigenvalue weighted by atomic mass is 10.2. The Morgan fingerprint density at radius 2 is 1.91 bits per heavy atom. The topological polar surface area (TPSA) is 79.8 Å². The Balaban J connectivity index is 2.19. The molecule has 0 aromatic heterocycles. The summed E-state index contributed by atoms with van der Waals surface area (Å²) in [7, 11) is -1.28. The first-order valence-corrected chi connectivity index (χ1v) is 9.29. The number of rotatable bonds is 8. The van der Waals surface area contributed by atoms with Crippen LogP contribution in [0.3, 0.4) is 0 Å². The molecule has 0 aliphatic carbocycles. The summed E-state index contributed by atoms with van der Waals surface area (Å²) in [5.74, 6) is 0.693. The standard InChI is InChI=1S/C14H22ClN3O3S/c1-16-14(17-7-8-21-9-10-22(2,19)20)18-11-12-3-5-13(15)6-4-12/h3-6H,7-11H2,1-2H3,(H2,16,17,18). The fraction of sp³-hybridized carbons (Fsp3) is 0.500. The second-order valence-electron chi connectivity index (χ2n) is 4.72. The molecule has 0 saturated heterocycles. The number of ether oxygens (including phenoxy) is 1. The van der Waals surface area contributed by atoms with Gasteiger partial charge in [-0.05, 0) is 17.7 Å². The number of nitrogens with one attached hydrogen (secondary N) is 2. The molecule has 6 nitrogen and oxygen atoms in total. The van der Waals surface area contributed by atoms with E-state index < -0.39 is 9.84 Å². The van der Waals surface area contributed by atoms with Crippen molar-refractivity contribution in [1.82, 2.24) is 10.6 Å². The zero-order valence-corrected chi connectivity index (χ0v) is 14.4. The molecule has 22 heavy (non-hydrogen) atoms. The van der Waals surface area contributed by atoms with Crippen LogP contribution in [-0.4, -0.2) is 53.2 Å². The highest BCUT2D eigenvalue weighted by Crippen LogP contribution is 2.08. The molecule has 1 aromatic rings. The molecule has 0 unspecified atom stereocenters. The van der Waals surface area contributed by atoms with Gasteiger partial charge in [0.25, 0.3) is 0 Å². The van der Waals surface area contributed by atoms with Crippen molar-refractivity contribution in [2.45, 2.75) is 6.54 Å². The van der Waals surface area contributed by atoms with Crippen LogP contribution in [0.5, 0.6) is 0 Å². The van der Waals surface area contributed by atoms with E-state index in [2.05, 4.69) is 15.6 Å². The largest absolute Gasteiger partial charge is 0.379 e. The van der Waals surface area contributed by atoms with Crippen LogP contribution in [0, 0.1) is 0 Å². The Kier molecular flexibility index (Phi) is 8.22. The van der Waals surface area contributed by atoms with Crippen LogP contribution < -0.4 is 10.6 Å². The van der Waals surface area contributed by atoms with Crippen LogP contribution in [0.1, 0.15) is 5.56 Å². The minimum absolute atomic E-state index is 0.0382. The maximum absolute atomic E-state index is 10.9. The van der Waals surface area contributed by atoms with Gasteiger partial charge in [-0.2, -0.15) is 0 Å². The molecular formula is C14H22ClN3O3S. The van der Waals surface area contributed by atoms with Gasteiger partial charge in [-0.25, -0.2) is 8.42 Å². The molecule has 124 valence electrons. The van der Waals surface area contributed by atoms with E-state index in [0.29, 0.717) is 30.7 Å².